The lowest BCUT2D eigenvalue weighted by Crippen LogP contribution is -2.15. The summed E-state index contributed by atoms with van der Waals surface area (Å²) < 4.78 is 0. The predicted molar refractivity (Wildman–Crippen MR) is 66.6 cm³/mol. The average molecular weight is 198 g/mol. The van der Waals surface area contributed by atoms with Crippen LogP contribution in [-0.2, 0) is 0 Å². The quantitative estimate of drug-likeness (QED) is 0.488. The molecule has 0 aliphatic rings. The van der Waals surface area contributed by atoms with Gasteiger partial charge in [-0.05, 0) is 24.2 Å². The molecule has 0 heteroatoms. The molecule has 86 valence electrons. The van der Waals surface area contributed by atoms with E-state index >= 15 is 0 Å². The molecule has 0 fully saturated rings. The SMILES string of the molecule is CCCCC(C)CC(C)(C)CCCC. The fourth-order valence-electron chi connectivity index (χ4n) is 2.36. The third kappa shape index (κ3) is 7.41. The van der Waals surface area contributed by atoms with Gasteiger partial charge in [0, 0.05) is 0 Å². The van der Waals surface area contributed by atoms with Crippen molar-refractivity contribution >= 4 is 0 Å². The van der Waals surface area contributed by atoms with Crippen molar-refractivity contribution in [3.05, 3.63) is 0 Å². The van der Waals surface area contributed by atoms with Crippen molar-refractivity contribution in [2.75, 3.05) is 0 Å². The Morgan fingerprint density at radius 1 is 1.00 bits per heavy atom. The number of rotatable bonds is 8. The Bertz CT molecular complexity index is 124. The highest BCUT2D eigenvalue weighted by Gasteiger charge is 2.19. The summed E-state index contributed by atoms with van der Waals surface area (Å²) in [7, 11) is 0. The second-order valence-electron chi connectivity index (χ2n) is 5.72. The third-order valence-corrected chi connectivity index (χ3v) is 3.16. The smallest absolute Gasteiger partial charge is 0.0352 e. The minimum absolute atomic E-state index is 0.573. The highest BCUT2D eigenvalue weighted by Crippen LogP contribution is 2.32. The summed E-state index contributed by atoms with van der Waals surface area (Å²) >= 11 is 0. The fraction of sp³-hybridized carbons (Fsp3) is 1.00. The second kappa shape index (κ2) is 7.31. The molecule has 0 saturated carbocycles. The molecule has 0 aromatic heterocycles. The van der Waals surface area contributed by atoms with E-state index in [1.807, 2.05) is 0 Å². The molecule has 0 nitrogen and oxygen atoms in total. The van der Waals surface area contributed by atoms with Gasteiger partial charge in [0.2, 0.25) is 0 Å². The molecule has 0 aromatic rings. The van der Waals surface area contributed by atoms with Gasteiger partial charge in [0.15, 0.2) is 0 Å². The van der Waals surface area contributed by atoms with E-state index in [4.69, 9.17) is 0 Å². The van der Waals surface area contributed by atoms with Gasteiger partial charge in [0.1, 0.15) is 0 Å². The zero-order chi connectivity index (χ0) is 11.0. The fourth-order valence-corrected chi connectivity index (χ4v) is 2.36. The molecule has 0 bridgehead atoms. The average Bonchev–Trinajstić information content (AvgIpc) is 2.11. The number of hydrogen-bond donors (Lipinski definition) is 0. The van der Waals surface area contributed by atoms with Gasteiger partial charge in [-0.1, -0.05) is 66.7 Å². The number of unbranched alkanes of at least 4 members (excludes halogenated alkanes) is 2. The van der Waals surface area contributed by atoms with E-state index in [-0.39, 0.29) is 0 Å². The molecular weight excluding hydrogens is 168 g/mol. The molecule has 0 saturated heterocycles. The van der Waals surface area contributed by atoms with Crippen LogP contribution in [0, 0.1) is 11.3 Å². The van der Waals surface area contributed by atoms with E-state index in [1.165, 1.54) is 44.9 Å². The molecule has 0 aliphatic heterocycles. The molecule has 14 heavy (non-hydrogen) atoms. The van der Waals surface area contributed by atoms with Crippen molar-refractivity contribution in [3.8, 4) is 0 Å². The summed E-state index contributed by atoms with van der Waals surface area (Å²) in [6, 6.07) is 0. The molecule has 0 N–H and O–H groups in total. The second-order valence-corrected chi connectivity index (χ2v) is 5.72. The number of hydrogen-bond acceptors (Lipinski definition) is 0. The van der Waals surface area contributed by atoms with Crippen molar-refractivity contribution < 1.29 is 0 Å². The van der Waals surface area contributed by atoms with Crippen LogP contribution in [0.3, 0.4) is 0 Å². The van der Waals surface area contributed by atoms with Crippen LogP contribution in [0.25, 0.3) is 0 Å². The van der Waals surface area contributed by atoms with E-state index in [1.54, 1.807) is 0 Å². The minimum atomic E-state index is 0.573. The molecule has 0 radical (unpaired) electrons. The van der Waals surface area contributed by atoms with E-state index in [0.29, 0.717) is 5.41 Å². The molecule has 0 amide bonds. The van der Waals surface area contributed by atoms with Gasteiger partial charge >= 0.3 is 0 Å². The summed E-state index contributed by atoms with van der Waals surface area (Å²) in [5, 5.41) is 0. The van der Waals surface area contributed by atoms with E-state index in [9.17, 15) is 0 Å². The van der Waals surface area contributed by atoms with E-state index in [2.05, 4.69) is 34.6 Å². The molecule has 0 spiro atoms. The predicted octanol–water partition coefficient (Wildman–Crippen LogP) is 5.42. The lowest BCUT2D eigenvalue weighted by Gasteiger charge is -2.28. The topological polar surface area (TPSA) is 0 Å². The zero-order valence-electron chi connectivity index (χ0n) is 11.0. The highest BCUT2D eigenvalue weighted by atomic mass is 14.3. The molecular formula is C14H30. The molecule has 0 aliphatic carbocycles. The molecule has 0 aromatic carbocycles. The van der Waals surface area contributed by atoms with Gasteiger partial charge in [-0.15, -0.1) is 0 Å². The standard InChI is InChI=1S/C14H30/c1-6-8-10-13(3)12-14(4,5)11-9-7-2/h13H,6-12H2,1-5H3. The van der Waals surface area contributed by atoms with Gasteiger partial charge < -0.3 is 0 Å². The van der Waals surface area contributed by atoms with Crippen molar-refractivity contribution in [1.82, 2.24) is 0 Å². The third-order valence-electron chi connectivity index (χ3n) is 3.16. The molecule has 0 heterocycles. The maximum atomic E-state index is 2.44. The highest BCUT2D eigenvalue weighted by molar-refractivity contribution is 4.71. The lowest BCUT2D eigenvalue weighted by molar-refractivity contribution is 0.241. The summed E-state index contributed by atoms with van der Waals surface area (Å²) in [6.45, 7) is 11.9. The van der Waals surface area contributed by atoms with Crippen LogP contribution in [0.15, 0.2) is 0 Å². The van der Waals surface area contributed by atoms with E-state index < -0.39 is 0 Å². The summed E-state index contributed by atoms with van der Waals surface area (Å²) in [5.41, 5.74) is 0.573. The summed E-state index contributed by atoms with van der Waals surface area (Å²) in [5.74, 6) is 0.918. The molecule has 0 rings (SSSR count). The maximum Gasteiger partial charge on any atom is -0.0352 e. The van der Waals surface area contributed by atoms with Crippen molar-refractivity contribution in [2.24, 2.45) is 11.3 Å². The van der Waals surface area contributed by atoms with Gasteiger partial charge in [-0.25, -0.2) is 0 Å². The van der Waals surface area contributed by atoms with Crippen LogP contribution >= 0.6 is 0 Å². The van der Waals surface area contributed by atoms with Crippen molar-refractivity contribution in [1.29, 1.82) is 0 Å². The van der Waals surface area contributed by atoms with Gasteiger partial charge in [-0.2, -0.15) is 0 Å². The minimum Gasteiger partial charge on any atom is -0.0654 e. The van der Waals surface area contributed by atoms with Crippen LogP contribution in [0.2, 0.25) is 0 Å². The Balaban J connectivity index is 3.70. The van der Waals surface area contributed by atoms with Gasteiger partial charge in [-0.3, -0.25) is 0 Å². The Morgan fingerprint density at radius 2 is 1.57 bits per heavy atom. The van der Waals surface area contributed by atoms with Crippen LogP contribution in [0.4, 0.5) is 0 Å². The Kier molecular flexibility index (Phi) is 7.31. The monoisotopic (exact) mass is 198 g/mol. The van der Waals surface area contributed by atoms with E-state index in [0.717, 1.165) is 5.92 Å². The molecule has 1 unspecified atom stereocenters. The van der Waals surface area contributed by atoms with Gasteiger partial charge in [0.05, 0.1) is 0 Å². The van der Waals surface area contributed by atoms with Crippen LogP contribution in [0.5, 0.6) is 0 Å². The van der Waals surface area contributed by atoms with Crippen molar-refractivity contribution in [3.63, 3.8) is 0 Å². The normalized spacial score (nSPS) is 14.4. The summed E-state index contributed by atoms with van der Waals surface area (Å²) in [4.78, 5) is 0. The Labute approximate surface area is 91.5 Å². The first-order chi connectivity index (χ1) is 6.52. The van der Waals surface area contributed by atoms with Crippen LogP contribution < -0.4 is 0 Å². The van der Waals surface area contributed by atoms with Crippen LogP contribution in [-0.4, -0.2) is 0 Å². The zero-order valence-corrected chi connectivity index (χ0v) is 11.0. The first-order valence-electron chi connectivity index (χ1n) is 6.52. The maximum absolute atomic E-state index is 2.44. The Hall–Kier alpha value is 0. The summed E-state index contributed by atoms with van der Waals surface area (Å²) in [6.07, 6.45) is 9.73. The van der Waals surface area contributed by atoms with Crippen LogP contribution in [0.1, 0.15) is 79.6 Å². The van der Waals surface area contributed by atoms with Crippen molar-refractivity contribution in [2.45, 2.75) is 79.6 Å². The largest absolute Gasteiger partial charge is 0.0654 e. The lowest BCUT2D eigenvalue weighted by atomic mass is 9.78. The first-order valence-corrected chi connectivity index (χ1v) is 6.52. The Morgan fingerprint density at radius 3 is 2.07 bits per heavy atom. The van der Waals surface area contributed by atoms with Gasteiger partial charge in [0.25, 0.3) is 0 Å². The molecule has 1 atom stereocenters. The first kappa shape index (κ1) is 14.0.